The van der Waals surface area contributed by atoms with Gasteiger partial charge in [0.1, 0.15) is 18.2 Å². The molecule has 0 saturated carbocycles. The van der Waals surface area contributed by atoms with E-state index in [4.69, 9.17) is 4.74 Å². The summed E-state index contributed by atoms with van der Waals surface area (Å²) in [6.07, 6.45) is 2.36. The number of carbonyl (C=O) groups is 1. The minimum absolute atomic E-state index is 0.0772. The normalized spacial score (nSPS) is 16.0. The van der Waals surface area contributed by atoms with Crippen LogP contribution in [0.1, 0.15) is 11.3 Å². The number of pyridine rings is 1. The Hall–Kier alpha value is -3.15. The van der Waals surface area contributed by atoms with Gasteiger partial charge in [-0.05, 0) is 37.1 Å². The zero-order valence-electron chi connectivity index (χ0n) is 13.8. The second-order valence-electron chi connectivity index (χ2n) is 6.08. The van der Waals surface area contributed by atoms with Gasteiger partial charge >= 0.3 is 0 Å². The summed E-state index contributed by atoms with van der Waals surface area (Å²) < 4.78 is 7.36. The van der Waals surface area contributed by atoms with Gasteiger partial charge in [-0.3, -0.25) is 4.79 Å². The third-order valence-corrected chi connectivity index (χ3v) is 4.20. The van der Waals surface area contributed by atoms with Gasteiger partial charge in [0.2, 0.25) is 5.91 Å². The smallest absolute Gasteiger partial charge is 0.232 e. The summed E-state index contributed by atoms with van der Waals surface area (Å²) in [4.78, 5) is 17.0. The standard InChI is InChI=1S/C19H18N4O2/c1-13-10-18(23(22-13)17-8-4-5-9-20-17)21-19(24)15-11-14-6-2-3-7-16(14)25-12-15/h2-10,15H,11-12H2,1H3,(H,21,24)/t15-/m1/s1. The van der Waals surface area contributed by atoms with Gasteiger partial charge in [-0.1, -0.05) is 24.3 Å². The minimum atomic E-state index is -0.234. The molecule has 0 aliphatic carbocycles. The third kappa shape index (κ3) is 3.10. The van der Waals surface area contributed by atoms with Crippen LogP contribution in [0.5, 0.6) is 5.75 Å². The lowest BCUT2D eigenvalue weighted by molar-refractivity contribution is -0.121. The van der Waals surface area contributed by atoms with Crippen LogP contribution < -0.4 is 10.1 Å². The van der Waals surface area contributed by atoms with Crippen molar-refractivity contribution in [2.75, 3.05) is 11.9 Å². The monoisotopic (exact) mass is 334 g/mol. The van der Waals surface area contributed by atoms with E-state index in [-0.39, 0.29) is 11.8 Å². The Morgan fingerprint density at radius 2 is 2.08 bits per heavy atom. The number of nitrogens with one attached hydrogen (secondary N) is 1. The van der Waals surface area contributed by atoms with Crippen molar-refractivity contribution >= 4 is 11.7 Å². The number of para-hydroxylation sites is 1. The first kappa shape index (κ1) is 15.4. The van der Waals surface area contributed by atoms with Crippen molar-refractivity contribution in [3.8, 4) is 11.6 Å². The first-order valence-corrected chi connectivity index (χ1v) is 8.20. The van der Waals surface area contributed by atoms with Crippen LogP contribution >= 0.6 is 0 Å². The second-order valence-corrected chi connectivity index (χ2v) is 6.08. The summed E-state index contributed by atoms with van der Waals surface area (Å²) >= 11 is 0. The second kappa shape index (κ2) is 6.39. The molecular formula is C19H18N4O2. The molecular weight excluding hydrogens is 316 g/mol. The van der Waals surface area contributed by atoms with Gasteiger partial charge in [-0.15, -0.1) is 0 Å². The summed E-state index contributed by atoms with van der Waals surface area (Å²) in [6.45, 7) is 2.26. The number of carbonyl (C=O) groups excluding carboxylic acids is 1. The molecule has 1 aliphatic rings. The number of amides is 1. The van der Waals surface area contributed by atoms with Gasteiger partial charge in [0.05, 0.1) is 11.6 Å². The molecule has 6 nitrogen and oxygen atoms in total. The molecule has 1 aliphatic heterocycles. The highest BCUT2D eigenvalue weighted by Crippen LogP contribution is 2.27. The largest absolute Gasteiger partial charge is 0.492 e. The van der Waals surface area contributed by atoms with Crippen LogP contribution in [-0.2, 0) is 11.2 Å². The predicted octanol–water partition coefficient (Wildman–Crippen LogP) is 2.77. The minimum Gasteiger partial charge on any atom is -0.492 e. The molecule has 1 amide bonds. The van der Waals surface area contributed by atoms with E-state index in [0.717, 1.165) is 17.0 Å². The van der Waals surface area contributed by atoms with Gasteiger partial charge in [0.25, 0.3) is 0 Å². The first-order valence-electron chi connectivity index (χ1n) is 8.20. The molecule has 25 heavy (non-hydrogen) atoms. The van der Waals surface area contributed by atoms with Crippen LogP contribution in [0.15, 0.2) is 54.7 Å². The Morgan fingerprint density at radius 1 is 1.24 bits per heavy atom. The number of aromatic nitrogens is 3. The van der Waals surface area contributed by atoms with Gasteiger partial charge in [-0.25, -0.2) is 4.98 Å². The maximum absolute atomic E-state index is 12.7. The molecule has 3 aromatic rings. The van der Waals surface area contributed by atoms with E-state index in [1.54, 1.807) is 10.9 Å². The zero-order valence-corrected chi connectivity index (χ0v) is 13.8. The van der Waals surface area contributed by atoms with E-state index in [1.165, 1.54) is 0 Å². The highest BCUT2D eigenvalue weighted by Gasteiger charge is 2.26. The molecule has 1 aromatic carbocycles. The molecule has 0 fully saturated rings. The molecule has 1 atom stereocenters. The molecule has 0 saturated heterocycles. The zero-order chi connectivity index (χ0) is 17.2. The molecule has 2 aromatic heterocycles. The molecule has 126 valence electrons. The number of rotatable bonds is 3. The maximum Gasteiger partial charge on any atom is 0.232 e. The quantitative estimate of drug-likeness (QED) is 0.800. The van der Waals surface area contributed by atoms with Gasteiger partial charge < -0.3 is 10.1 Å². The fourth-order valence-corrected chi connectivity index (χ4v) is 2.97. The Kier molecular flexibility index (Phi) is 3.93. The van der Waals surface area contributed by atoms with Crippen molar-refractivity contribution in [1.82, 2.24) is 14.8 Å². The molecule has 0 spiro atoms. The maximum atomic E-state index is 12.7. The Morgan fingerprint density at radius 3 is 2.92 bits per heavy atom. The Bertz CT molecular complexity index is 905. The van der Waals surface area contributed by atoms with Crippen LogP contribution in [0.25, 0.3) is 5.82 Å². The average Bonchev–Trinajstić information content (AvgIpc) is 3.02. The van der Waals surface area contributed by atoms with Gasteiger partial charge in [0.15, 0.2) is 5.82 Å². The van der Waals surface area contributed by atoms with Crippen LogP contribution in [0.4, 0.5) is 5.82 Å². The van der Waals surface area contributed by atoms with Crippen molar-refractivity contribution in [3.05, 3.63) is 66.0 Å². The number of nitrogens with zero attached hydrogens (tertiary/aromatic N) is 3. The van der Waals surface area contributed by atoms with Gasteiger partial charge in [0, 0.05) is 12.3 Å². The van der Waals surface area contributed by atoms with E-state index >= 15 is 0 Å². The number of ether oxygens (including phenoxy) is 1. The highest BCUT2D eigenvalue weighted by atomic mass is 16.5. The predicted molar refractivity (Wildman–Crippen MR) is 93.9 cm³/mol. The molecule has 6 heteroatoms. The van der Waals surface area contributed by atoms with Crippen molar-refractivity contribution < 1.29 is 9.53 Å². The number of benzene rings is 1. The van der Waals surface area contributed by atoms with Crippen molar-refractivity contribution in [2.45, 2.75) is 13.3 Å². The highest BCUT2D eigenvalue weighted by molar-refractivity contribution is 5.92. The van der Waals surface area contributed by atoms with Crippen LogP contribution in [0.3, 0.4) is 0 Å². The summed E-state index contributed by atoms with van der Waals surface area (Å²) in [7, 11) is 0. The van der Waals surface area contributed by atoms with Crippen molar-refractivity contribution in [3.63, 3.8) is 0 Å². The van der Waals surface area contributed by atoms with E-state index < -0.39 is 0 Å². The number of aryl methyl sites for hydroxylation is 1. The topological polar surface area (TPSA) is 69.0 Å². The summed E-state index contributed by atoms with van der Waals surface area (Å²) in [5.41, 5.74) is 1.87. The van der Waals surface area contributed by atoms with Crippen LogP contribution in [-0.4, -0.2) is 27.3 Å². The lowest BCUT2D eigenvalue weighted by Crippen LogP contribution is -2.33. The summed E-state index contributed by atoms with van der Waals surface area (Å²) in [6, 6.07) is 15.2. The summed E-state index contributed by atoms with van der Waals surface area (Å²) in [5, 5.41) is 7.40. The molecule has 0 unspecified atom stereocenters. The molecule has 3 heterocycles. The number of hydrogen-bond donors (Lipinski definition) is 1. The fraction of sp³-hybridized carbons (Fsp3) is 0.211. The lowest BCUT2D eigenvalue weighted by atomic mass is 9.96. The fourth-order valence-electron chi connectivity index (χ4n) is 2.97. The van der Waals surface area contributed by atoms with E-state index in [9.17, 15) is 4.79 Å². The van der Waals surface area contributed by atoms with Crippen LogP contribution in [0, 0.1) is 12.8 Å². The van der Waals surface area contributed by atoms with E-state index in [1.807, 2.05) is 55.5 Å². The summed E-state index contributed by atoms with van der Waals surface area (Å²) in [5.74, 6) is 1.82. The average molecular weight is 334 g/mol. The first-order chi connectivity index (χ1) is 12.2. The van der Waals surface area contributed by atoms with Crippen molar-refractivity contribution in [2.24, 2.45) is 5.92 Å². The van der Waals surface area contributed by atoms with E-state index in [2.05, 4.69) is 15.4 Å². The molecule has 4 rings (SSSR count). The number of fused-ring (bicyclic) bond motifs is 1. The van der Waals surface area contributed by atoms with E-state index in [0.29, 0.717) is 24.7 Å². The molecule has 1 N–H and O–H groups in total. The Balaban J connectivity index is 1.54. The lowest BCUT2D eigenvalue weighted by Gasteiger charge is -2.24. The van der Waals surface area contributed by atoms with Crippen molar-refractivity contribution in [1.29, 1.82) is 0 Å². The SMILES string of the molecule is Cc1cc(NC(=O)[C@H]2COc3ccccc3C2)n(-c2ccccn2)n1. The molecule has 0 radical (unpaired) electrons. The third-order valence-electron chi connectivity index (χ3n) is 4.20. The van der Waals surface area contributed by atoms with Gasteiger partial charge in [-0.2, -0.15) is 9.78 Å². The number of hydrogen-bond acceptors (Lipinski definition) is 4. The molecule has 0 bridgehead atoms. The number of anilines is 1. The Labute approximate surface area is 145 Å². The van der Waals surface area contributed by atoms with Crippen LogP contribution in [0.2, 0.25) is 0 Å².